The van der Waals surface area contributed by atoms with Crippen LogP contribution in [-0.2, 0) is 14.1 Å². The summed E-state index contributed by atoms with van der Waals surface area (Å²) < 4.78 is 27.5. The minimum absolute atomic E-state index is 0.0571. The standard InChI is InChI=1S/C15H16F2N4O3/c1-19-12-9(13(22)20(2)15(19)24)5-6-10(18-12)14(23)21(7-11(16)17)8-3-4-8/h5-6,8,11H,3-4,7H2,1-2H3. The van der Waals surface area contributed by atoms with Crippen LogP contribution in [0.1, 0.15) is 23.3 Å². The van der Waals surface area contributed by atoms with Gasteiger partial charge in [0, 0.05) is 20.1 Å². The highest BCUT2D eigenvalue weighted by Crippen LogP contribution is 2.28. The molecule has 0 N–H and O–H groups in total. The molecule has 0 saturated heterocycles. The summed E-state index contributed by atoms with van der Waals surface area (Å²) in [5.41, 5.74) is -1.09. The Labute approximate surface area is 135 Å². The molecule has 0 radical (unpaired) electrons. The van der Waals surface area contributed by atoms with E-state index in [1.165, 1.54) is 26.2 Å². The molecule has 128 valence electrons. The summed E-state index contributed by atoms with van der Waals surface area (Å²) in [6.07, 6.45) is -1.26. The molecule has 0 atom stereocenters. The van der Waals surface area contributed by atoms with Crippen molar-refractivity contribution < 1.29 is 13.6 Å². The van der Waals surface area contributed by atoms with Crippen molar-refractivity contribution in [1.29, 1.82) is 0 Å². The van der Waals surface area contributed by atoms with Crippen LogP contribution in [0.4, 0.5) is 8.78 Å². The second kappa shape index (κ2) is 5.81. The molecule has 7 nitrogen and oxygen atoms in total. The zero-order chi connectivity index (χ0) is 17.6. The molecule has 1 aliphatic rings. The number of aromatic nitrogens is 3. The Balaban J connectivity index is 2.09. The molecule has 0 spiro atoms. The van der Waals surface area contributed by atoms with Gasteiger partial charge in [-0.3, -0.25) is 18.7 Å². The van der Waals surface area contributed by atoms with E-state index in [1.54, 1.807) is 0 Å². The largest absolute Gasteiger partial charge is 0.332 e. The third kappa shape index (κ3) is 2.70. The van der Waals surface area contributed by atoms with E-state index in [2.05, 4.69) is 4.98 Å². The van der Waals surface area contributed by atoms with Crippen LogP contribution in [0.3, 0.4) is 0 Å². The average molecular weight is 338 g/mol. The van der Waals surface area contributed by atoms with Crippen molar-refractivity contribution in [3.63, 3.8) is 0 Å². The minimum atomic E-state index is -2.63. The molecule has 1 amide bonds. The monoisotopic (exact) mass is 338 g/mol. The number of alkyl halides is 2. The van der Waals surface area contributed by atoms with Crippen molar-refractivity contribution >= 4 is 16.9 Å². The van der Waals surface area contributed by atoms with Crippen molar-refractivity contribution in [2.24, 2.45) is 14.1 Å². The lowest BCUT2D eigenvalue weighted by molar-refractivity contribution is 0.0529. The Morgan fingerprint density at radius 1 is 1.29 bits per heavy atom. The number of nitrogens with zero attached hydrogens (tertiary/aromatic N) is 4. The first kappa shape index (κ1) is 16.3. The van der Waals surface area contributed by atoms with Gasteiger partial charge in [0.2, 0.25) is 0 Å². The maximum absolute atomic E-state index is 12.7. The lowest BCUT2D eigenvalue weighted by Gasteiger charge is -2.21. The van der Waals surface area contributed by atoms with Gasteiger partial charge in [0.1, 0.15) is 11.3 Å². The molecule has 0 bridgehead atoms. The fourth-order valence-electron chi connectivity index (χ4n) is 2.65. The minimum Gasteiger partial charge on any atom is -0.329 e. The Kier molecular flexibility index (Phi) is 3.94. The van der Waals surface area contributed by atoms with Crippen molar-refractivity contribution in [1.82, 2.24) is 19.0 Å². The molecule has 9 heteroatoms. The van der Waals surface area contributed by atoms with Gasteiger partial charge in [0.15, 0.2) is 0 Å². The van der Waals surface area contributed by atoms with Crippen LogP contribution in [0.15, 0.2) is 21.7 Å². The Morgan fingerprint density at radius 2 is 1.96 bits per heavy atom. The smallest absolute Gasteiger partial charge is 0.329 e. The van der Waals surface area contributed by atoms with Crippen LogP contribution >= 0.6 is 0 Å². The highest BCUT2D eigenvalue weighted by atomic mass is 19.3. The van der Waals surface area contributed by atoms with Gasteiger partial charge in [0.25, 0.3) is 17.9 Å². The Hall–Kier alpha value is -2.58. The third-order valence-corrected chi connectivity index (χ3v) is 4.10. The number of fused-ring (bicyclic) bond motifs is 1. The van der Waals surface area contributed by atoms with Crippen LogP contribution in [0, 0.1) is 0 Å². The number of aryl methyl sites for hydroxylation is 1. The molecule has 0 aromatic carbocycles. The van der Waals surface area contributed by atoms with E-state index < -0.39 is 30.1 Å². The van der Waals surface area contributed by atoms with E-state index in [-0.39, 0.29) is 22.8 Å². The van der Waals surface area contributed by atoms with E-state index in [0.29, 0.717) is 12.8 Å². The maximum Gasteiger partial charge on any atom is 0.332 e. The van der Waals surface area contributed by atoms with Gasteiger partial charge in [-0.05, 0) is 25.0 Å². The number of carbonyl (C=O) groups is 1. The van der Waals surface area contributed by atoms with Crippen molar-refractivity contribution in [3.8, 4) is 0 Å². The number of hydrogen-bond donors (Lipinski definition) is 0. The molecule has 24 heavy (non-hydrogen) atoms. The van der Waals surface area contributed by atoms with Gasteiger partial charge in [-0.15, -0.1) is 0 Å². The molecule has 2 aromatic heterocycles. The van der Waals surface area contributed by atoms with Gasteiger partial charge in [0.05, 0.1) is 11.9 Å². The van der Waals surface area contributed by atoms with E-state index in [1.807, 2.05) is 0 Å². The summed E-state index contributed by atoms with van der Waals surface area (Å²) >= 11 is 0. The summed E-state index contributed by atoms with van der Waals surface area (Å²) in [6.45, 7) is -0.654. The van der Waals surface area contributed by atoms with Gasteiger partial charge in [-0.1, -0.05) is 0 Å². The predicted octanol–water partition coefficient (Wildman–Crippen LogP) is 0.502. The van der Waals surface area contributed by atoms with Gasteiger partial charge in [-0.2, -0.15) is 0 Å². The van der Waals surface area contributed by atoms with E-state index in [0.717, 1.165) is 14.0 Å². The fraction of sp³-hybridized carbons (Fsp3) is 0.467. The van der Waals surface area contributed by atoms with E-state index in [4.69, 9.17) is 0 Å². The topological polar surface area (TPSA) is 77.2 Å². The Bertz CT molecular complexity index is 931. The average Bonchev–Trinajstić information content (AvgIpc) is 3.39. The Morgan fingerprint density at radius 3 is 2.54 bits per heavy atom. The molecule has 2 aromatic rings. The van der Waals surface area contributed by atoms with Crippen LogP contribution < -0.4 is 11.2 Å². The van der Waals surface area contributed by atoms with Crippen molar-refractivity contribution in [2.75, 3.05) is 6.54 Å². The lowest BCUT2D eigenvalue weighted by Crippen LogP contribution is -2.39. The van der Waals surface area contributed by atoms with E-state index in [9.17, 15) is 23.2 Å². The number of pyridine rings is 1. The maximum atomic E-state index is 12.7. The fourth-order valence-corrected chi connectivity index (χ4v) is 2.65. The summed E-state index contributed by atoms with van der Waals surface area (Å²) in [4.78, 5) is 41.8. The van der Waals surface area contributed by atoms with E-state index >= 15 is 0 Å². The molecule has 1 fully saturated rings. The number of carbonyl (C=O) groups excluding carboxylic acids is 1. The summed E-state index contributed by atoms with van der Waals surface area (Å²) in [7, 11) is 2.78. The number of amides is 1. The molecular formula is C15H16F2N4O3. The second-order valence-electron chi connectivity index (χ2n) is 5.85. The first-order chi connectivity index (χ1) is 11.3. The molecule has 1 aliphatic carbocycles. The molecule has 3 rings (SSSR count). The normalized spacial score (nSPS) is 14.4. The third-order valence-electron chi connectivity index (χ3n) is 4.10. The highest BCUT2D eigenvalue weighted by molar-refractivity contribution is 5.94. The summed E-state index contributed by atoms with van der Waals surface area (Å²) in [6, 6.07) is 2.53. The second-order valence-corrected chi connectivity index (χ2v) is 5.85. The molecule has 2 heterocycles. The zero-order valence-corrected chi connectivity index (χ0v) is 13.2. The summed E-state index contributed by atoms with van der Waals surface area (Å²) in [5.74, 6) is -0.618. The SMILES string of the molecule is Cn1c(=O)c2ccc(C(=O)N(CC(F)F)C3CC3)nc2n(C)c1=O. The van der Waals surface area contributed by atoms with Gasteiger partial charge < -0.3 is 4.90 Å². The van der Waals surface area contributed by atoms with Crippen molar-refractivity contribution in [2.45, 2.75) is 25.3 Å². The molecular weight excluding hydrogens is 322 g/mol. The number of hydrogen-bond acceptors (Lipinski definition) is 4. The van der Waals surface area contributed by atoms with Crippen molar-refractivity contribution in [3.05, 3.63) is 38.7 Å². The molecule has 0 aliphatic heterocycles. The number of rotatable bonds is 4. The quantitative estimate of drug-likeness (QED) is 0.813. The molecule has 0 unspecified atom stereocenters. The van der Waals surface area contributed by atoms with Gasteiger partial charge >= 0.3 is 5.69 Å². The van der Waals surface area contributed by atoms with Crippen LogP contribution in [0.5, 0.6) is 0 Å². The van der Waals surface area contributed by atoms with Crippen LogP contribution in [0.25, 0.3) is 11.0 Å². The van der Waals surface area contributed by atoms with Crippen LogP contribution in [0.2, 0.25) is 0 Å². The zero-order valence-electron chi connectivity index (χ0n) is 13.2. The molecule has 1 saturated carbocycles. The first-order valence-corrected chi connectivity index (χ1v) is 7.47. The highest BCUT2D eigenvalue weighted by Gasteiger charge is 2.35. The first-order valence-electron chi connectivity index (χ1n) is 7.47. The lowest BCUT2D eigenvalue weighted by atomic mass is 10.2. The van der Waals surface area contributed by atoms with Gasteiger partial charge in [-0.25, -0.2) is 18.6 Å². The summed E-state index contributed by atoms with van der Waals surface area (Å²) in [5, 5.41) is 0.183. The van der Waals surface area contributed by atoms with Crippen LogP contribution in [-0.4, -0.2) is 43.9 Å². The predicted molar refractivity (Wildman–Crippen MR) is 82.3 cm³/mol. The number of halogens is 2.